The van der Waals surface area contributed by atoms with E-state index in [-0.39, 0.29) is 35.8 Å². The van der Waals surface area contributed by atoms with Gasteiger partial charge in [0.25, 0.3) is 11.8 Å². The summed E-state index contributed by atoms with van der Waals surface area (Å²) < 4.78 is 25.1. The summed E-state index contributed by atoms with van der Waals surface area (Å²) in [5.41, 5.74) is 0.843. The van der Waals surface area contributed by atoms with Crippen molar-refractivity contribution in [2.24, 2.45) is 0 Å². The molecule has 2 heterocycles. The number of halogens is 1. The lowest BCUT2D eigenvalue weighted by molar-refractivity contribution is -0.118. The predicted octanol–water partition coefficient (Wildman–Crippen LogP) is 4.10. The fraction of sp³-hybridized carbons (Fsp3) is 0.269. The van der Waals surface area contributed by atoms with E-state index in [9.17, 15) is 14.0 Å². The van der Waals surface area contributed by atoms with Crippen molar-refractivity contribution in [3.63, 3.8) is 0 Å². The Bertz CT molecular complexity index is 1180. The number of anilines is 3. The van der Waals surface area contributed by atoms with Gasteiger partial charge in [-0.25, -0.2) is 9.37 Å². The monoisotopic (exact) mass is 478 g/mol. The van der Waals surface area contributed by atoms with Gasteiger partial charge in [-0.2, -0.15) is 0 Å². The topological polar surface area (TPSA) is 92.8 Å². The number of carbonyl (C=O) groups excluding carboxylic acids is 2. The van der Waals surface area contributed by atoms with Crippen LogP contribution in [0.5, 0.6) is 5.75 Å². The fourth-order valence-corrected chi connectivity index (χ4v) is 3.88. The lowest BCUT2D eigenvalue weighted by Gasteiger charge is -2.36. The Morgan fingerprint density at radius 1 is 1.03 bits per heavy atom. The zero-order chi connectivity index (χ0) is 24.8. The molecule has 0 aliphatic carbocycles. The smallest absolute Gasteiger partial charge is 0.262 e. The van der Waals surface area contributed by atoms with Gasteiger partial charge in [-0.15, -0.1) is 0 Å². The van der Waals surface area contributed by atoms with Crippen molar-refractivity contribution in [1.82, 2.24) is 4.98 Å². The molecule has 0 bridgehead atoms. The van der Waals surface area contributed by atoms with Crippen LogP contribution in [0.3, 0.4) is 0 Å². The first-order chi connectivity index (χ1) is 16.9. The minimum atomic E-state index is -0.545. The summed E-state index contributed by atoms with van der Waals surface area (Å²) in [4.78, 5) is 31.7. The van der Waals surface area contributed by atoms with Crippen LogP contribution >= 0.6 is 0 Å². The first-order valence-corrected chi connectivity index (χ1v) is 11.3. The molecule has 8 nitrogen and oxygen atoms in total. The molecule has 0 spiro atoms. The predicted molar refractivity (Wildman–Crippen MR) is 131 cm³/mol. The molecular formula is C26H27FN4O4. The number of hydrogen-bond acceptors (Lipinski definition) is 6. The second-order valence-electron chi connectivity index (χ2n) is 8.33. The van der Waals surface area contributed by atoms with Gasteiger partial charge in [-0.1, -0.05) is 24.3 Å². The van der Waals surface area contributed by atoms with E-state index >= 15 is 0 Å². The molecule has 35 heavy (non-hydrogen) atoms. The van der Waals surface area contributed by atoms with Crippen molar-refractivity contribution in [3.05, 3.63) is 78.2 Å². The number of amides is 2. The van der Waals surface area contributed by atoms with Crippen molar-refractivity contribution in [2.75, 3.05) is 35.2 Å². The summed E-state index contributed by atoms with van der Waals surface area (Å²) in [6, 6.07) is 16.1. The van der Waals surface area contributed by atoms with Crippen LogP contribution in [-0.2, 0) is 9.53 Å². The normalized spacial score (nSPS) is 17.5. The first-order valence-electron chi connectivity index (χ1n) is 11.3. The van der Waals surface area contributed by atoms with Gasteiger partial charge in [0.2, 0.25) is 0 Å². The number of pyridine rings is 1. The highest BCUT2D eigenvalue weighted by atomic mass is 19.1. The Morgan fingerprint density at radius 2 is 1.74 bits per heavy atom. The molecule has 2 aromatic carbocycles. The van der Waals surface area contributed by atoms with Gasteiger partial charge in [0.1, 0.15) is 17.4 Å². The highest BCUT2D eigenvalue weighted by Gasteiger charge is 2.23. The molecule has 182 valence electrons. The summed E-state index contributed by atoms with van der Waals surface area (Å²) >= 11 is 0. The maximum absolute atomic E-state index is 13.7. The molecule has 4 rings (SSSR count). The standard InChI is InChI=1S/C26H27FN4O4/c1-17-14-31(15-18(2)35-17)24-12-11-19(13-28-24)29-26(33)20-7-3-6-10-23(20)34-16-25(32)30-22-9-5-4-8-21(22)27/h3-13,17-18H,14-16H2,1-2H3,(H,29,33)(H,30,32). The number of aromatic nitrogens is 1. The van der Waals surface area contributed by atoms with E-state index in [1.807, 2.05) is 19.9 Å². The maximum Gasteiger partial charge on any atom is 0.262 e. The zero-order valence-electron chi connectivity index (χ0n) is 19.5. The van der Waals surface area contributed by atoms with Crippen molar-refractivity contribution in [1.29, 1.82) is 0 Å². The van der Waals surface area contributed by atoms with E-state index in [0.717, 1.165) is 18.9 Å². The number of rotatable bonds is 7. The molecule has 3 aromatic rings. The third-order valence-electron chi connectivity index (χ3n) is 5.39. The van der Waals surface area contributed by atoms with Crippen molar-refractivity contribution >= 4 is 29.0 Å². The van der Waals surface area contributed by atoms with Gasteiger partial charge in [-0.3, -0.25) is 9.59 Å². The Labute approximate surface area is 203 Å². The largest absolute Gasteiger partial charge is 0.483 e. The third kappa shape index (κ3) is 6.33. The molecule has 2 N–H and O–H groups in total. The van der Waals surface area contributed by atoms with E-state index in [1.54, 1.807) is 42.6 Å². The van der Waals surface area contributed by atoms with Gasteiger partial charge in [0.05, 0.1) is 35.3 Å². The third-order valence-corrected chi connectivity index (χ3v) is 5.39. The lowest BCUT2D eigenvalue weighted by atomic mass is 10.2. The Kier molecular flexibility index (Phi) is 7.57. The number of nitrogens with zero attached hydrogens (tertiary/aromatic N) is 2. The molecule has 0 radical (unpaired) electrons. The summed E-state index contributed by atoms with van der Waals surface area (Å²) in [6.45, 7) is 5.17. The number of para-hydroxylation sites is 2. The molecule has 0 saturated carbocycles. The van der Waals surface area contributed by atoms with Crippen LogP contribution in [0.4, 0.5) is 21.6 Å². The van der Waals surface area contributed by atoms with Crippen molar-refractivity contribution in [2.45, 2.75) is 26.1 Å². The van der Waals surface area contributed by atoms with E-state index in [0.29, 0.717) is 5.69 Å². The minimum Gasteiger partial charge on any atom is -0.483 e. The average Bonchev–Trinajstić information content (AvgIpc) is 2.84. The van der Waals surface area contributed by atoms with Gasteiger partial charge in [0, 0.05) is 13.1 Å². The van der Waals surface area contributed by atoms with Crippen LogP contribution in [0, 0.1) is 5.82 Å². The molecule has 2 atom stereocenters. The van der Waals surface area contributed by atoms with Crippen LogP contribution in [0.25, 0.3) is 0 Å². The highest BCUT2D eigenvalue weighted by molar-refractivity contribution is 6.06. The second-order valence-corrected chi connectivity index (χ2v) is 8.33. The number of ether oxygens (including phenoxy) is 2. The van der Waals surface area contributed by atoms with Crippen LogP contribution in [0.2, 0.25) is 0 Å². The SMILES string of the molecule is CC1CN(c2ccc(NC(=O)c3ccccc3OCC(=O)Nc3ccccc3F)cn2)CC(C)O1. The zero-order valence-corrected chi connectivity index (χ0v) is 19.5. The van der Waals surface area contributed by atoms with Crippen LogP contribution in [-0.4, -0.2) is 48.7 Å². The number of hydrogen-bond donors (Lipinski definition) is 2. The average molecular weight is 479 g/mol. The van der Waals surface area contributed by atoms with E-state index in [1.165, 1.54) is 18.2 Å². The van der Waals surface area contributed by atoms with Crippen molar-refractivity contribution < 1.29 is 23.5 Å². The molecule has 2 amide bonds. The summed E-state index contributed by atoms with van der Waals surface area (Å²) in [5, 5.41) is 5.25. The highest BCUT2D eigenvalue weighted by Crippen LogP contribution is 2.22. The molecule has 1 aliphatic heterocycles. The summed E-state index contributed by atoms with van der Waals surface area (Å²) in [6.07, 6.45) is 1.83. The Hall–Kier alpha value is -3.98. The molecule has 1 aromatic heterocycles. The number of carbonyl (C=O) groups is 2. The molecule has 1 saturated heterocycles. The quantitative estimate of drug-likeness (QED) is 0.531. The van der Waals surface area contributed by atoms with Crippen LogP contribution in [0.1, 0.15) is 24.2 Å². The molecular weight excluding hydrogens is 451 g/mol. The summed E-state index contributed by atoms with van der Waals surface area (Å²) in [7, 11) is 0. The number of morpholine rings is 1. The van der Waals surface area contributed by atoms with Crippen molar-refractivity contribution in [3.8, 4) is 5.75 Å². The van der Waals surface area contributed by atoms with E-state index in [2.05, 4.69) is 20.5 Å². The minimum absolute atomic E-state index is 0.0593. The number of nitrogens with one attached hydrogen (secondary N) is 2. The first kappa shape index (κ1) is 24.2. The molecule has 2 unspecified atom stereocenters. The number of benzene rings is 2. The van der Waals surface area contributed by atoms with Gasteiger partial charge in [0.15, 0.2) is 6.61 Å². The molecule has 1 aliphatic rings. The van der Waals surface area contributed by atoms with Gasteiger partial charge >= 0.3 is 0 Å². The van der Waals surface area contributed by atoms with Crippen LogP contribution in [0.15, 0.2) is 66.9 Å². The molecule has 1 fully saturated rings. The van der Waals surface area contributed by atoms with E-state index < -0.39 is 17.6 Å². The second kappa shape index (κ2) is 11.0. The fourth-order valence-electron chi connectivity index (χ4n) is 3.88. The Morgan fingerprint density at radius 3 is 2.46 bits per heavy atom. The Balaban J connectivity index is 1.37. The van der Waals surface area contributed by atoms with Crippen LogP contribution < -0.4 is 20.3 Å². The maximum atomic E-state index is 13.7. The van der Waals surface area contributed by atoms with Gasteiger partial charge in [-0.05, 0) is 50.2 Å². The van der Waals surface area contributed by atoms with Gasteiger partial charge < -0.3 is 25.0 Å². The lowest BCUT2D eigenvalue weighted by Crippen LogP contribution is -2.45. The summed E-state index contributed by atoms with van der Waals surface area (Å²) in [5.74, 6) is -0.447. The van der Waals surface area contributed by atoms with E-state index in [4.69, 9.17) is 9.47 Å². The molecule has 9 heteroatoms.